The molecule has 1 aliphatic rings. The van der Waals surface area contributed by atoms with Crippen LogP contribution in [0.3, 0.4) is 0 Å². The summed E-state index contributed by atoms with van der Waals surface area (Å²) in [5, 5.41) is 2.78. The van der Waals surface area contributed by atoms with Gasteiger partial charge < -0.3 is 10.1 Å². The largest absolute Gasteiger partial charge is 0.381 e. The molecule has 1 heterocycles. The quantitative estimate of drug-likeness (QED) is 0.475. The van der Waals surface area contributed by atoms with Crippen LogP contribution in [0, 0.1) is 0 Å². The number of ether oxygens (including phenoxy) is 1. The van der Waals surface area contributed by atoms with Crippen LogP contribution in [0.5, 0.6) is 0 Å². The van der Waals surface area contributed by atoms with Crippen molar-refractivity contribution in [1.82, 2.24) is 10.2 Å². The molecule has 0 aliphatic carbocycles. The topological polar surface area (TPSA) is 75.7 Å². The Morgan fingerprint density at radius 1 is 1.16 bits per heavy atom. The Morgan fingerprint density at radius 3 is 2.64 bits per heavy atom. The number of carbonyl (C=O) groups excluding carboxylic acids is 3. The maximum absolute atomic E-state index is 12.3. The Labute approximate surface area is 156 Å². The van der Waals surface area contributed by atoms with Gasteiger partial charge in [-0.25, -0.2) is 0 Å². The van der Waals surface area contributed by atoms with Gasteiger partial charge in [0, 0.05) is 37.2 Å². The van der Waals surface area contributed by atoms with Gasteiger partial charge in [-0.05, 0) is 31.0 Å². The molecule has 6 nitrogen and oxygen atoms in total. The normalized spacial score (nSPS) is 13.3. The van der Waals surface area contributed by atoms with E-state index in [0.717, 1.165) is 35.2 Å². The third-order valence-corrected chi connectivity index (χ3v) is 4.42. The van der Waals surface area contributed by atoms with Crippen molar-refractivity contribution in [2.24, 2.45) is 0 Å². The molecule has 0 spiro atoms. The second kappa shape index (κ2) is 9.68. The number of nitrogens with zero attached hydrogens (tertiary/aromatic N) is 1. The van der Waals surface area contributed by atoms with Gasteiger partial charge in [0.15, 0.2) is 0 Å². The average Bonchev–Trinajstić information content (AvgIpc) is 2.82. The summed E-state index contributed by atoms with van der Waals surface area (Å²) in [7, 11) is 0. The number of hydrogen-bond donors (Lipinski definition) is 1. The van der Waals surface area contributed by atoms with Crippen molar-refractivity contribution < 1.29 is 19.1 Å². The first-order valence-electron chi connectivity index (χ1n) is 8.54. The molecule has 2 rings (SSSR count). The average molecular weight is 411 g/mol. The predicted octanol–water partition coefficient (Wildman–Crippen LogP) is 2.76. The Morgan fingerprint density at radius 2 is 1.88 bits per heavy atom. The number of nitrogens with one attached hydrogen (secondary N) is 1. The van der Waals surface area contributed by atoms with Crippen LogP contribution >= 0.6 is 15.9 Å². The van der Waals surface area contributed by atoms with Crippen LogP contribution in [-0.4, -0.2) is 48.9 Å². The van der Waals surface area contributed by atoms with E-state index in [1.807, 2.05) is 0 Å². The van der Waals surface area contributed by atoms with Crippen LogP contribution in [0.1, 0.15) is 53.3 Å². The van der Waals surface area contributed by atoms with Crippen molar-refractivity contribution in [3.05, 3.63) is 33.8 Å². The van der Waals surface area contributed by atoms with Gasteiger partial charge in [-0.3, -0.25) is 19.3 Å². The second-order valence-electron chi connectivity index (χ2n) is 5.87. The molecule has 7 heteroatoms. The van der Waals surface area contributed by atoms with E-state index in [2.05, 4.69) is 28.2 Å². The highest BCUT2D eigenvalue weighted by atomic mass is 79.9. The van der Waals surface area contributed by atoms with E-state index in [1.165, 1.54) is 0 Å². The number of rotatable bonds is 10. The molecular weight excluding hydrogens is 388 g/mol. The number of amides is 3. The Hall–Kier alpha value is -1.73. The lowest BCUT2D eigenvalue weighted by Gasteiger charge is -2.13. The van der Waals surface area contributed by atoms with Crippen molar-refractivity contribution in [3.63, 3.8) is 0 Å². The maximum atomic E-state index is 12.3. The van der Waals surface area contributed by atoms with E-state index >= 15 is 0 Å². The SMILES string of the molecule is CCCCOCCCNC(=O)CCN1C(=O)c2ccc(Br)cc2C1=O. The number of carbonyl (C=O) groups is 3. The van der Waals surface area contributed by atoms with Gasteiger partial charge in [0.1, 0.15) is 0 Å². The maximum Gasteiger partial charge on any atom is 0.261 e. The van der Waals surface area contributed by atoms with Crippen LogP contribution in [-0.2, 0) is 9.53 Å². The lowest BCUT2D eigenvalue weighted by atomic mass is 10.1. The van der Waals surface area contributed by atoms with Gasteiger partial charge in [0.05, 0.1) is 11.1 Å². The monoisotopic (exact) mass is 410 g/mol. The molecule has 0 bridgehead atoms. The highest BCUT2D eigenvalue weighted by Gasteiger charge is 2.35. The standard InChI is InChI=1S/C18H23BrN2O4/c1-2-3-10-25-11-4-8-20-16(22)7-9-21-17(23)14-6-5-13(19)12-15(14)18(21)24/h5-6,12H,2-4,7-11H2,1H3,(H,20,22). The third kappa shape index (κ3) is 5.37. The van der Waals surface area contributed by atoms with E-state index in [9.17, 15) is 14.4 Å². The molecule has 1 aromatic carbocycles. The molecule has 0 radical (unpaired) electrons. The summed E-state index contributed by atoms with van der Waals surface area (Å²) in [6.07, 6.45) is 2.99. The highest BCUT2D eigenvalue weighted by Crippen LogP contribution is 2.25. The highest BCUT2D eigenvalue weighted by molar-refractivity contribution is 9.10. The molecule has 3 amide bonds. The van der Waals surface area contributed by atoms with E-state index in [1.54, 1.807) is 18.2 Å². The van der Waals surface area contributed by atoms with Crippen LogP contribution < -0.4 is 5.32 Å². The van der Waals surface area contributed by atoms with Gasteiger partial charge in [0.2, 0.25) is 5.91 Å². The molecule has 1 N–H and O–H groups in total. The summed E-state index contributed by atoms with van der Waals surface area (Å²) in [6.45, 7) is 4.09. The van der Waals surface area contributed by atoms with Gasteiger partial charge >= 0.3 is 0 Å². The van der Waals surface area contributed by atoms with Gasteiger partial charge in [-0.15, -0.1) is 0 Å². The van der Waals surface area contributed by atoms with Crippen molar-refractivity contribution >= 4 is 33.7 Å². The molecule has 0 fully saturated rings. The van der Waals surface area contributed by atoms with Crippen LogP contribution in [0.4, 0.5) is 0 Å². The summed E-state index contributed by atoms with van der Waals surface area (Å²) >= 11 is 3.29. The zero-order valence-corrected chi connectivity index (χ0v) is 15.9. The lowest BCUT2D eigenvalue weighted by molar-refractivity contribution is -0.121. The number of halogens is 1. The van der Waals surface area contributed by atoms with Crippen molar-refractivity contribution in [2.75, 3.05) is 26.3 Å². The number of unbranched alkanes of at least 4 members (excludes halogenated alkanes) is 1. The molecule has 1 aromatic rings. The van der Waals surface area contributed by atoms with E-state index < -0.39 is 0 Å². The van der Waals surface area contributed by atoms with E-state index in [0.29, 0.717) is 24.3 Å². The van der Waals surface area contributed by atoms with Crippen molar-refractivity contribution in [2.45, 2.75) is 32.6 Å². The van der Waals surface area contributed by atoms with Crippen LogP contribution in [0.2, 0.25) is 0 Å². The summed E-state index contributed by atoms with van der Waals surface area (Å²) in [5.74, 6) is -0.866. The van der Waals surface area contributed by atoms with Crippen molar-refractivity contribution in [3.8, 4) is 0 Å². The van der Waals surface area contributed by atoms with Gasteiger partial charge in [0.25, 0.3) is 11.8 Å². The first kappa shape index (κ1) is 19.6. The molecule has 0 aromatic heterocycles. The fourth-order valence-electron chi connectivity index (χ4n) is 2.52. The molecule has 1 aliphatic heterocycles. The van der Waals surface area contributed by atoms with E-state index in [-0.39, 0.29) is 30.7 Å². The zero-order chi connectivity index (χ0) is 18.2. The number of imide groups is 1. The minimum atomic E-state index is -0.349. The number of fused-ring (bicyclic) bond motifs is 1. The molecular formula is C18H23BrN2O4. The molecule has 136 valence electrons. The number of hydrogen-bond acceptors (Lipinski definition) is 4. The number of benzene rings is 1. The van der Waals surface area contributed by atoms with Crippen LogP contribution in [0.15, 0.2) is 22.7 Å². The van der Waals surface area contributed by atoms with Gasteiger partial charge in [-0.2, -0.15) is 0 Å². The third-order valence-electron chi connectivity index (χ3n) is 3.93. The smallest absolute Gasteiger partial charge is 0.261 e. The minimum absolute atomic E-state index is 0.0861. The van der Waals surface area contributed by atoms with Gasteiger partial charge in [-0.1, -0.05) is 29.3 Å². The fourth-order valence-corrected chi connectivity index (χ4v) is 2.88. The molecule has 0 saturated carbocycles. The first-order valence-corrected chi connectivity index (χ1v) is 9.34. The summed E-state index contributed by atoms with van der Waals surface area (Å²) in [6, 6.07) is 4.98. The Kier molecular flexibility index (Phi) is 7.58. The second-order valence-corrected chi connectivity index (χ2v) is 6.79. The first-order chi connectivity index (χ1) is 12.0. The van der Waals surface area contributed by atoms with Crippen molar-refractivity contribution in [1.29, 1.82) is 0 Å². The lowest BCUT2D eigenvalue weighted by Crippen LogP contribution is -2.35. The molecule has 25 heavy (non-hydrogen) atoms. The van der Waals surface area contributed by atoms with E-state index in [4.69, 9.17) is 4.74 Å². The minimum Gasteiger partial charge on any atom is -0.381 e. The summed E-state index contributed by atoms with van der Waals surface area (Å²) in [4.78, 5) is 37.5. The Bertz CT molecular complexity index is 648. The zero-order valence-electron chi connectivity index (χ0n) is 14.3. The molecule has 0 atom stereocenters. The van der Waals surface area contributed by atoms with Crippen LogP contribution in [0.25, 0.3) is 0 Å². The Balaban J connectivity index is 1.70. The summed E-state index contributed by atoms with van der Waals surface area (Å²) in [5.41, 5.74) is 0.766. The fraction of sp³-hybridized carbons (Fsp3) is 0.500. The molecule has 0 unspecified atom stereocenters. The summed E-state index contributed by atoms with van der Waals surface area (Å²) < 4.78 is 6.16. The molecule has 0 saturated heterocycles. The predicted molar refractivity (Wildman–Crippen MR) is 97.5 cm³/mol.